The Morgan fingerprint density at radius 3 is 2.19 bits per heavy atom. The molecule has 1 heterocycles. The molecule has 0 radical (unpaired) electrons. The first-order valence-corrected chi connectivity index (χ1v) is 7.97. The number of rotatable bonds is 5. The van der Waals surface area contributed by atoms with E-state index < -0.39 is 11.7 Å². The monoisotopic (exact) mass is 351 g/mol. The molecule has 26 heavy (non-hydrogen) atoms. The van der Waals surface area contributed by atoms with Crippen LogP contribution in [0.5, 0.6) is 0 Å². The van der Waals surface area contributed by atoms with E-state index in [1.807, 2.05) is 43.3 Å². The molecule has 0 saturated heterocycles. The largest absolute Gasteiger partial charge is 0.378 e. The molecule has 0 aliphatic rings. The highest BCUT2D eigenvalue weighted by Gasteiger charge is 2.11. The van der Waals surface area contributed by atoms with Crippen molar-refractivity contribution in [2.75, 3.05) is 29.6 Å². The quantitative estimate of drug-likeness (QED) is 0.734. The van der Waals surface area contributed by atoms with Gasteiger partial charge in [0.25, 0.3) is 5.91 Å². The highest BCUT2D eigenvalue weighted by atomic mass is 19.1. The molecule has 2 N–H and O–H groups in total. The van der Waals surface area contributed by atoms with Gasteiger partial charge in [0, 0.05) is 25.5 Å². The van der Waals surface area contributed by atoms with Crippen LogP contribution in [-0.4, -0.2) is 30.2 Å². The smallest absolute Gasteiger partial charge is 0.259 e. The lowest BCUT2D eigenvalue weighted by molar-refractivity contribution is 0.102. The SMILES string of the molecule is CN(C)c1ccc(Nc2ccc(NC(=O)c3ccccc3F)nn2)cc1. The van der Waals surface area contributed by atoms with E-state index in [4.69, 9.17) is 0 Å². The Morgan fingerprint density at radius 1 is 0.923 bits per heavy atom. The van der Waals surface area contributed by atoms with Crippen molar-refractivity contribution in [1.29, 1.82) is 0 Å². The van der Waals surface area contributed by atoms with Gasteiger partial charge in [-0.15, -0.1) is 10.2 Å². The number of carbonyl (C=O) groups is 1. The standard InChI is InChI=1S/C19H18FN5O/c1-25(2)14-9-7-13(8-10-14)21-17-11-12-18(24-23-17)22-19(26)15-5-3-4-6-16(15)20/h3-12H,1-2H3,(H,21,23)(H,22,24,26). The number of nitrogens with one attached hydrogen (secondary N) is 2. The highest BCUT2D eigenvalue weighted by Crippen LogP contribution is 2.19. The lowest BCUT2D eigenvalue weighted by Crippen LogP contribution is -2.15. The minimum Gasteiger partial charge on any atom is -0.378 e. The second kappa shape index (κ2) is 7.60. The van der Waals surface area contributed by atoms with Gasteiger partial charge in [-0.2, -0.15) is 0 Å². The molecule has 0 bridgehead atoms. The van der Waals surface area contributed by atoms with E-state index in [9.17, 15) is 9.18 Å². The molecule has 0 atom stereocenters. The van der Waals surface area contributed by atoms with Crippen molar-refractivity contribution < 1.29 is 9.18 Å². The Balaban J connectivity index is 1.65. The third-order valence-electron chi connectivity index (χ3n) is 3.68. The zero-order chi connectivity index (χ0) is 18.5. The number of halogens is 1. The van der Waals surface area contributed by atoms with Gasteiger partial charge in [-0.1, -0.05) is 12.1 Å². The molecule has 0 spiro atoms. The van der Waals surface area contributed by atoms with Gasteiger partial charge >= 0.3 is 0 Å². The first-order valence-electron chi connectivity index (χ1n) is 7.97. The molecule has 0 aliphatic heterocycles. The van der Waals surface area contributed by atoms with Gasteiger partial charge < -0.3 is 15.5 Å². The summed E-state index contributed by atoms with van der Waals surface area (Å²) in [6.07, 6.45) is 0. The van der Waals surface area contributed by atoms with E-state index in [1.165, 1.54) is 18.2 Å². The van der Waals surface area contributed by atoms with Crippen LogP contribution in [0.4, 0.5) is 27.4 Å². The van der Waals surface area contributed by atoms with Gasteiger partial charge in [0.1, 0.15) is 5.82 Å². The fourth-order valence-electron chi connectivity index (χ4n) is 2.29. The average molecular weight is 351 g/mol. The fraction of sp³-hybridized carbons (Fsp3) is 0.105. The molecular formula is C19H18FN5O. The average Bonchev–Trinajstić information content (AvgIpc) is 2.64. The number of anilines is 4. The van der Waals surface area contributed by atoms with Crippen LogP contribution in [-0.2, 0) is 0 Å². The summed E-state index contributed by atoms with van der Waals surface area (Å²) < 4.78 is 13.6. The summed E-state index contributed by atoms with van der Waals surface area (Å²) in [6, 6.07) is 16.9. The Morgan fingerprint density at radius 2 is 1.58 bits per heavy atom. The number of aromatic nitrogens is 2. The van der Waals surface area contributed by atoms with E-state index in [2.05, 4.69) is 20.8 Å². The van der Waals surface area contributed by atoms with Crippen LogP contribution >= 0.6 is 0 Å². The summed E-state index contributed by atoms with van der Waals surface area (Å²) in [7, 11) is 3.95. The maximum absolute atomic E-state index is 13.6. The van der Waals surface area contributed by atoms with Gasteiger partial charge in [-0.05, 0) is 48.5 Å². The lowest BCUT2D eigenvalue weighted by Gasteiger charge is -2.13. The van der Waals surface area contributed by atoms with Crippen molar-refractivity contribution in [3.8, 4) is 0 Å². The minimum atomic E-state index is -0.586. The number of amides is 1. The van der Waals surface area contributed by atoms with Gasteiger partial charge in [0.15, 0.2) is 11.6 Å². The highest BCUT2D eigenvalue weighted by molar-refractivity contribution is 6.03. The summed E-state index contributed by atoms with van der Waals surface area (Å²) in [4.78, 5) is 14.1. The molecule has 7 heteroatoms. The maximum Gasteiger partial charge on any atom is 0.259 e. The van der Waals surface area contributed by atoms with Crippen LogP contribution in [0.3, 0.4) is 0 Å². The molecule has 2 aromatic carbocycles. The van der Waals surface area contributed by atoms with Crippen LogP contribution in [0.2, 0.25) is 0 Å². The van der Waals surface area contributed by atoms with Crippen molar-refractivity contribution in [2.45, 2.75) is 0 Å². The van der Waals surface area contributed by atoms with Gasteiger partial charge in [0.2, 0.25) is 0 Å². The van der Waals surface area contributed by atoms with Gasteiger partial charge in [-0.3, -0.25) is 4.79 Å². The minimum absolute atomic E-state index is 0.0440. The molecule has 3 aromatic rings. The summed E-state index contributed by atoms with van der Waals surface area (Å²) in [5.41, 5.74) is 1.92. The van der Waals surface area contributed by atoms with Crippen molar-refractivity contribution in [2.24, 2.45) is 0 Å². The molecule has 3 rings (SSSR count). The first kappa shape index (κ1) is 17.3. The number of hydrogen-bond donors (Lipinski definition) is 2. The Bertz CT molecular complexity index is 895. The summed E-state index contributed by atoms with van der Waals surface area (Å²) in [5, 5.41) is 13.6. The van der Waals surface area contributed by atoms with Crippen molar-refractivity contribution >= 4 is 28.9 Å². The van der Waals surface area contributed by atoms with E-state index in [1.54, 1.807) is 18.2 Å². The third-order valence-corrected chi connectivity index (χ3v) is 3.68. The molecule has 6 nitrogen and oxygen atoms in total. The Labute approximate surface area is 150 Å². The Kier molecular flexibility index (Phi) is 5.07. The molecule has 0 saturated carbocycles. The van der Waals surface area contributed by atoms with Crippen LogP contribution in [0, 0.1) is 5.82 Å². The van der Waals surface area contributed by atoms with E-state index in [0.29, 0.717) is 5.82 Å². The number of carbonyl (C=O) groups excluding carboxylic acids is 1. The van der Waals surface area contributed by atoms with Crippen LogP contribution in [0.25, 0.3) is 0 Å². The molecule has 1 amide bonds. The van der Waals surface area contributed by atoms with Gasteiger partial charge in [0.05, 0.1) is 5.56 Å². The lowest BCUT2D eigenvalue weighted by atomic mass is 10.2. The topological polar surface area (TPSA) is 70.2 Å². The predicted molar refractivity (Wildman–Crippen MR) is 100 cm³/mol. The maximum atomic E-state index is 13.6. The summed E-state index contributed by atoms with van der Waals surface area (Å²) >= 11 is 0. The van der Waals surface area contributed by atoms with Crippen LogP contribution in [0.15, 0.2) is 60.7 Å². The van der Waals surface area contributed by atoms with Gasteiger partial charge in [-0.25, -0.2) is 4.39 Å². The van der Waals surface area contributed by atoms with E-state index in [0.717, 1.165) is 11.4 Å². The molecule has 0 aliphatic carbocycles. The number of nitrogens with zero attached hydrogens (tertiary/aromatic N) is 3. The molecule has 0 unspecified atom stereocenters. The molecule has 1 aromatic heterocycles. The van der Waals surface area contributed by atoms with E-state index >= 15 is 0 Å². The van der Waals surface area contributed by atoms with Crippen molar-refractivity contribution in [3.05, 3.63) is 72.0 Å². The second-order valence-electron chi connectivity index (χ2n) is 5.80. The zero-order valence-electron chi connectivity index (χ0n) is 14.4. The Hall–Kier alpha value is -3.48. The van der Waals surface area contributed by atoms with Crippen molar-refractivity contribution in [1.82, 2.24) is 10.2 Å². The third kappa shape index (κ3) is 4.13. The second-order valence-corrected chi connectivity index (χ2v) is 5.80. The van der Waals surface area contributed by atoms with Crippen molar-refractivity contribution in [3.63, 3.8) is 0 Å². The number of hydrogen-bond acceptors (Lipinski definition) is 5. The summed E-state index contributed by atoms with van der Waals surface area (Å²) in [6.45, 7) is 0. The summed E-state index contributed by atoms with van der Waals surface area (Å²) in [5.74, 6) is -0.381. The molecule has 132 valence electrons. The first-order chi connectivity index (χ1) is 12.5. The zero-order valence-corrected chi connectivity index (χ0v) is 14.4. The normalized spacial score (nSPS) is 10.3. The molecular weight excluding hydrogens is 333 g/mol. The predicted octanol–water partition coefficient (Wildman–Crippen LogP) is 3.68. The number of benzene rings is 2. The molecule has 0 fully saturated rings. The fourth-order valence-corrected chi connectivity index (χ4v) is 2.29. The van der Waals surface area contributed by atoms with Crippen LogP contribution in [0.1, 0.15) is 10.4 Å². The van der Waals surface area contributed by atoms with Crippen LogP contribution < -0.4 is 15.5 Å². The van der Waals surface area contributed by atoms with E-state index in [-0.39, 0.29) is 11.4 Å².